The van der Waals surface area contributed by atoms with Gasteiger partial charge in [0.1, 0.15) is 5.75 Å². The van der Waals surface area contributed by atoms with E-state index in [1.54, 1.807) is 7.11 Å². The molecule has 1 aromatic carbocycles. The van der Waals surface area contributed by atoms with Crippen molar-refractivity contribution in [3.63, 3.8) is 0 Å². The van der Waals surface area contributed by atoms with Gasteiger partial charge < -0.3 is 10.1 Å². The zero-order valence-corrected chi connectivity index (χ0v) is 8.84. The average Bonchev–Trinajstić information content (AvgIpc) is 2.41. The highest BCUT2D eigenvalue weighted by atomic mass is 16.5. The van der Waals surface area contributed by atoms with Gasteiger partial charge in [-0.05, 0) is 30.4 Å². The van der Waals surface area contributed by atoms with Gasteiger partial charge in [-0.25, -0.2) is 0 Å². The second-order valence-corrected chi connectivity index (χ2v) is 4.02. The highest BCUT2D eigenvalue weighted by Crippen LogP contribution is 2.32. The molecule has 1 N–H and O–H groups in total. The molecule has 1 heterocycles. The van der Waals surface area contributed by atoms with Crippen molar-refractivity contribution in [2.45, 2.75) is 19.8 Å². The lowest BCUT2D eigenvalue weighted by Gasteiger charge is -2.12. The van der Waals surface area contributed by atoms with Crippen molar-refractivity contribution in [1.82, 2.24) is 0 Å². The smallest absolute Gasteiger partial charge is 0.142 e. The first-order valence-corrected chi connectivity index (χ1v) is 5.21. The van der Waals surface area contributed by atoms with Crippen LogP contribution in [0.25, 0.3) is 0 Å². The maximum Gasteiger partial charge on any atom is 0.142 e. The maximum atomic E-state index is 5.34. The molecule has 14 heavy (non-hydrogen) atoms. The third-order valence-corrected chi connectivity index (χ3v) is 2.87. The van der Waals surface area contributed by atoms with Gasteiger partial charge in [-0.3, -0.25) is 0 Å². The Balaban J connectivity index is 2.35. The van der Waals surface area contributed by atoms with Gasteiger partial charge in [-0.1, -0.05) is 19.1 Å². The minimum Gasteiger partial charge on any atom is -0.495 e. The molecular weight excluding hydrogens is 174 g/mol. The number of methoxy groups -OCH3 is 1. The van der Waals surface area contributed by atoms with Gasteiger partial charge in [0, 0.05) is 6.54 Å². The summed E-state index contributed by atoms with van der Waals surface area (Å²) in [6, 6.07) is 6.26. The van der Waals surface area contributed by atoms with Crippen LogP contribution in [-0.4, -0.2) is 13.7 Å². The second kappa shape index (κ2) is 3.91. The van der Waals surface area contributed by atoms with Crippen LogP contribution >= 0.6 is 0 Å². The number of hydrogen-bond acceptors (Lipinski definition) is 2. The predicted molar refractivity (Wildman–Crippen MR) is 59.0 cm³/mol. The molecule has 0 bridgehead atoms. The second-order valence-electron chi connectivity index (χ2n) is 4.02. The van der Waals surface area contributed by atoms with Crippen LogP contribution in [0, 0.1) is 5.92 Å². The number of ether oxygens (including phenoxy) is 1. The Bertz CT molecular complexity index is 322. The Morgan fingerprint density at radius 1 is 1.43 bits per heavy atom. The number of anilines is 1. The summed E-state index contributed by atoms with van der Waals surface area (Å²) in [6.07, 6.45) is 2.41. The molecule has 0 aromatic heterocycles. The molecule has 0 amide bonds. The number of fused-ring (bicyclic) bond motifs is 1. The average molecular weight is 191 g/mol. The van der Waals surface area contributed by atoms with Gasteiger partial charge in [0.05, 0.1) is 12.8 Å². The van der Waals surface area contributed by atoms with Gasteiger partial charge in [-0.2, -0.15) is 0 Å². The number of rotatable bonds is 1. The van der Waals surface area contributed by atoms with E-state index in [4.69, 9.17) is 4.74 Å². The van der Waals surface area contributed by atoms with Crippen molar-refractivity contribution < 1.29 is 4.74 Å². The summed E-state index contributed by atoms with van der Waals surface area (Å²) in [5, 5.41) is 3.47. The normalized spacial score (nSPS) is 20.6. The van der Waals surface area contributed by atoms with E-state index in [9.17, 15) is 0 Å². The molecule has 0 spiro atoms. The minimum atomic E-state index is 0.743. The molecule has 0 saturated heterocycles. The van der Waals surface area contributed by atoms with E-state index in [1.165, 1.54) is 17.7 Å². The minimum absolute atomic E-state index is 0.743. The van der Waals surface area contributed by atoms with Crippen molar-refractivity contribution in [1.29, 1.82) is 0 Å². The van der Waals surface area contributed by atoms with Gasteiger partial charge >= 0.3 is 0 Å². The van der Waals surface area contributed by atoms with E-state index < -0.39 is 0 Å². The third kappa shape index (κ3) is 1.69. The molecule has 2 heteroatoms. The zero-order chi connectivity index (χ0) is 9.97. The van der Waals surface area contributed by atoms with Crippen LogP contribution in [0.15, 0.2) is 18.2 Å². The van der Waals surface area contributed by atoms with E-state index in [-0.39, 0.29) is 0 Å². The predicted octanol–water partition coefficient (Wildman–Crippen LogP) is 2.69. The Morgan fingerprint density at radius 3 is 3.07 bits per heavy atom. The van der Waals surface area contributed by atoms with Crippen LogP contribution < -0.4 is 10.1 Å². The zero-order valence-electron chi connectivity index (χ0n) is 8.84. The van der Waals surface area contributed by atoms with Crippen LogP contribution in [0.4, 0.5) is 5.69 Å². The Kier molecular flexibility index (Phi) is 2.62. The van der Waals surface area contributed by atoms with Gasteiger partial charge in [0.15, 0.2) is 0 Å². The molecule has 0 aliphatic carbocycles. The number of nitrogens with one attached hydrogen (secondary N) is 1. The highest BCUT2D eigenvalue weighted by Gasteiger charge is 2.14. The van der Waals surface area contributed by atoms with Crippen LogP contribution in [-0.2, 0) is 6.42 Å². The van der Waals surface area contributed by atoms with Crippen LogP contribution in [0.3, 0.4) is 0 Å². The number of benzene rings is 1. The lowest BCUT2D eigenvalue weighted by atomic mass is 10.0. The van der Waals surface area contributed by atoms with Crippen molar-refractivity contribution in [3.8, 4) is 5.75 Å². The van der Waals surface area contributed by atoms with Crippen LogP contribution in [0.5, 0.6) is 5.75 Å². The molecule has 1 atom stereocenters. The summed E-state index contributed by atoms with van der Waals surface area (Å²) < 4.78 is 5.34. The fourth-order valence-electron chi connectivity index (χ4n) is 1.94. The monoisotopic (exact) mass is 191 g/mol. The van der Waals surface area contributed by atoms with Crippen LogP contribution in [0.1, 0.15) is 18.9 Å². The van der Waals surface area contributed by atoms with E-state index in [2.05, 4.69) is 24.4 Å². The van der Waals surface area contributed by atoms with Crippen molar-refractivity contribution in [2.24, 2.45) is 5.92 Å². The molecule has 1 aliphatic heterocycles. The molecule has 2 rings (SSSR count). The van der Waals surface area contributed by atoms with Crippen LogP contribution in [0.2, 0.25) is 0 Å². The topological polar surface area (TPSA) is 21.3 Å². The first-order chi connectivity index (χ1) is 6.81. The molecule has 1 unspecified atom stereocenters. The van der Waals surface area contributed by atoms with E-state index in [0.29, 0.717) is 0 Å². The Labute approximate surface area is 85.3 Å². The first kappa shape index (κ1) is 9.38. The standard InChI is InChI=1S/C12H17NO/c1-9-6-7-10-4-3-5-11(14-2)12(10)13-8-9/h3-5,9,13H,6-8H2,1-2H3. The van der Waals surface area contributed by atoms with Crippen molar-refractivity contribution in [3.05, 3.63) is 23.8 Å². The molecule has 0 saturated carbocycles. The summed E-state index contributed by atoms with van der Waals surface area (Å²) in [6.45, 7) is 3.33. The molecular formula is C12H17NO. The molecule has 1 aliphatic rings. The molecule has 76 valence electrons. The van der Waals surface area contributed by atoms with E-state index in [1.807, 2.05) is 6.07 Å². The number of aryl methyl sites for hydroxylation is 1. The molecule has 1 aromatic rings. The van der Waals surface area contributed by atoms with Gasteiger partial charge in [-0.15, -0.1) is 0 Å². The lowest BCUT2D eigenvalue weighted by molar-refractivity contribution is 0.416. The number of hydrogen-bond donors (Lipinski definition) is 1. The fourth-order valence-corrected chi connectivity index (χ4v) is 1.94. The summed E-state index contributed by atoms with van der Waals surface area (Å²) in [5.74, 6) is 1.71. The summed E-state index contributed by atoms with van der Waals surface area (Å²) >= 11 is 0. The number of para-hydroxylation sites is 1. The van der Waals surface area contributed by atoms with Gasteiger partial charge in [0.25, 0.3) is 0 Å². The van der Waals surface area contributed by atoms with E-state index in [0.717, 1.165) is 24.6 Å². The lowest BCUT2D eigenvalue weighted by Crippen LogP contribution is -2.08. The first-order valence-electron chi connectivity index (χ1n) is 5.21. The van der Waals surface area contributed by atoms with Crippen molar-refractivity contribution >= 4 is 5.69 Å². The molecule has 0 fully saturated rings. The van der Waals surface area contributed by atoms with Gasteiger partial charge in [0.2, 0.25) is 0 Å². The summed E-state index contributed by atoms with van der Waals surface area (Å²) in [5.41, 5.74) is 2.58. The summed E-state index contributed by atoms with van der Waals surface area (Å²) in [4.78, 5) is 0. The summed E-state index contributed by atoms with van der Waals surface area (Å²) in [7, 11) is 1.73. The SMILES string of the molecule is COc1cccc2c1NCC(C)CC2. The Morgan fingerprint density at radius 2 is 2.29 bits per heavy atom. The largest absolute Gasteiger partial charge is 0.495 e. The molecule has 2 nitrogen and oxygen atoms in total. The maximum absolute atomic E-state index is 5.34. The highest BCUT2D eigenvalue weighted by molar-refractivity contribution is 5.62. The fraction of sp³-hybridized carbons (Fsp3) is 0.500. The van der Waals surface area contributed by atoms with E-state index >= 15 is 0 Å². The van der Waals surface area contributed by atoms with Crippen molar-refractivity contribution in [2.75, 3.05) is 19.0 Å². The third-order valence-electron chi connectivity index (χ3n) is 2.87. The quantitative estimate of drug-likeness (QED) is 0.737. The molecule has 0 radical (unpaired) electrons. The Hall–Kier alpha value is -1.18.